The number of H-pyrrole nitrogens is 1. The molecule has 1 fully saturated rings. The summed E-state index contributed by atoms with van der Waals surface area (Å²) < 4.78 is 6.72. The smallest absolute Gasteiger partial charge is 0.325 e. The van der Waals surface area contributed by atoms with Gasteiger partial charge in [0.2, 0.25) is 0 Å². The number of aromatic amines is 1. The number of aromatic nitrogens is 2. The van der Waals surface area contributed by atoms with Gasteiger partial charge in [0.1, 0.15) is 6.23 Å². The Hall–Kier alpha value is -0.986. The molecule has 10 heteroatoms. The van der Waals surface area contributed by atoms with Crippen LogP contribution in [0.2, 0.25) is 0 Å². The number of hydrogen-bond donors (Lipinski definition) is 2. The second kappa shape index (κ2) is 9.04. The van der Waals surface area contributed by atoms with Crippen LogP contribution in [0.25, 0.3) is 10.4 Å². The molecule has 1 aromatic heterocycles. The van der Waals surface area contributed by atoms with Crippen molar-refractivity contribution in [3.63, 3.8) is 0 Å². The van der Waals surface area contributed by atoms with Crippen molar-refractivity contribution in [3.8, 4) is 0 Å². The maximum atomic E-state index is 11.5. The van der Waals surface area contributed by atoms with Gasteiger partial charge in [-0.3, -0.25) is 0 Å². The molecule has 0 spiro atoms. The first-order valence-electron chi connectivity index (χ1n) is 5.49. The molecule has 2 heterocycles. The number of hydrogen-bond acceptors (Lipinski definition) is 5. The van der Waals surface area contributed by atoms with Crippen LogP contribution in [0.1, 0.15) is 19.6 Å². The number of ether oxygens (including phenoxy) is 1. The number of azide groups is 1. The summed E-state index contributed by atoms with van der Waals surface area (Å²) in [5.74, 6) is 0. The predicted molar refractivity (Wildman–Crippen MR) is 65.4 cm³/mol. The topological polar surface area (TPSA) is 133 Å². The fourth-order valence-electron chi connectivity index (χ4n) is 1.78. The SMILES string of the molecule is CC1OC(n2c[c-]c(=O)[nH]c2=O)CC1N=[N+]=[N-].CO.[Y]. The summed E-state index contributed by atoms with van der Waals surface area (Å²) in [6.07, 6.45) is 0.831. The van der Waals surface area contributed by atoms with E-state index in [4.69, 9.17) is 15.4 Å². The minimum absolute atomic E-state index is 0. The van der Waals surface area contributed by atoms with Gasteiger partial charge in [0.05, 0.1) is 17.7 Å². The van der Waals surface area contributed by atoms with Gasteiger partial charge in [0.15, 0.2) is 0 Å². The van der Waals surface area contributed by atoms with Crippen LogP contribution in [-0.2, 0) is 37.4 Å². The van der Waals surface area contributed by atoms with E-state index in [0.29, 0.717) is 6.42 Å². The minimum Gasteiger partial charge on any atom is -0.400 e. The van der Waals surface area contributed by atoms with Crippen LogP contribution in [0.5, 0.6) is 0 Å². The number of aliphatic hydroxyl groups excluding tert-OH is 1. The zero-order chi connectivity index (χ0) is 14.4. The molecule has 20 heavy (non-hydrogen) atoms. The molecule has 1 saturated heterocycles. The van der Waals surface area contributed by atoms with Crippen molar-refractivity contribution in [2.24, 2.45) is 5.11 Å². The Morgan fingerprint density at radius 1 is 1.60 bits per heavy atom. The third-order valence-corrected chi connectivity index (χ3v) is 2.66. The summed E-state index contributed by atoms with van der Waals surface area (Å²) in [7, 11) is 1.00. The summed E-state index contributed by atoms with van der Waals surface area (Å²) >= 11 is 0. The van der Waals surface area contributed by atoms with E-state index in [0.717, 1.165) is 7.11 Å². The maximum absolute atomic E-state index is 11.5. The van der Waals surface area contributed by atoms with Gasteiger partial charge in [-0.15, -0.1) is 0 Å². The second-order valence-electron chi connectivity index (χ2n) is 3.74. The minimum atomic E-state index is -0.580. The first-order valence-corrected chi connectivity index (χ1v) is 5.49. The van der Waals surface area contributed by atoms with Crippen LogP contribution in [0.15, 0.2) is 20.9 Å². The molecule has 107 valence electrons. The van der Waals surface area contributed by atoms with E-state index in [-0.39, 0.29) is 44.9 Å². The molecule has 3 unspecified atom stereocenters. The normalized spacial score (nSPS) is 23.9. The monoisotopic (exact) mass is 357 g/mol. The maximum Gasteiger partial charge on any atom is 0.325 e. The Labute approximate surface area is 139 Å². The van der Waals surface area contributed by atoms with Crippen LogP contribution >= 0.6 is 0 Å². The summed E-state index contributed by atoms with van der Waals surface area (Å²) in [5, 5.41) is 10.6. The predicted octanol–water partition coefficient (Wildman–Crippen LogP) is -0.0709. The molecule has 1 aliphatic heterocycles. The fraction of sp³-hybridized carbons (Fsp3) is 0.600. The Kier molecular flexibility index (Phi) is 8.60. The molecule has 0 saturated carbocycles. The average molecular weight is 357 g/mol. The first kappa shape index (κ1) is 19.0. The van der Waals surface area contributed by atoms with Gasteiger partial charge in [0, 0.05) is 51.2 Å². The van der Waals surface area contributed by atoms with E-state index in [1.54, 1.807) is 6.92 Å². The van der Waals surface area contributed by atoms with Gasteiger partial charge in [0.25, 0.3) is 0 Å². The molecular formula is C10H14N5O4Y-. The molecular weight excluding hydrogens is 343 g/mol. The van der Waals surface area contributed by atoms with Gasteiger partial charge < -0.3 is 30.3 Å². The zero-order valence-electron chi connectivity index (χ0n) is 11.1. The Morgan fingerprint density at radius 2 is 2.25 bits per heavy atom. The van der Waals surface area contributed by atoms with E-state index in [9.17, 15) is 9.59 Å². The van der Waals surface area contributed by atoms with Crippen molar-refractivity contribution in [2.75, 3.05) is 7.11 Å². The van der Waals surface area contributed by atoms with Crippen molar-refractivity contribution < 1.29 is 42.6 Å². The molecule has 0 amide bonds. The van der Waals surface area contributed by atoms with Gasteiger partial charge in [-0.2, -0.15) is 6.20 Å². The molecule has 0 aromatic carbocycles. The quantitative estimate of drug-likeness (QED) is 0.332. The molecule has 9 nitrogen and oxygen atoms in total. The van der Waals surface area contributed by atoms with E-state index in [1.807, 2.05) is 0 Å². The van der Waals surface area contributed by atoms with Crippen LogP contribution in [-0.4, -0.2) is 33.9 Å². The molecule has 1 aliphatic rings. The standard InChI is InChI=1S/C9H10N5O3.CH4O.Y/c1-5-6(12-13-10)4-8(17-5)14-3-2-7(15)11-9(14)16;1-2;/h3,5-6,8H,4H2,1H3,(H,11,15,16);2H,1H3;/q-1;;. The van der Waals surface area contributed by atoms with Crippen LogP contribution < -0.4 is 11.2 Å². The Morgan fingerprint density at radius 3 is 2.80 bits per heavy atom. The summed E-state index contributed by atoms with van der Waals surface area (Å²) in [6, 6.07) is 2.03. The first-order chi connectivity index (χ1) is 9.11. The molecule has 0 bridgehead atoms. The van der Waals surface area contributed by atoms with Crippen LogP contribution in [0.4, 0.5) is 0 Å². The van der Waals surface area contributed by atoms with Crippen molar-refractivity contribution in [1.29, 1.82) is 0 Å². The third kappa shape index (κ3) is 4.54. The third-order valence-electron chi connectivity index (χ3n) is 2.66. The van der Waals surface area contributed by atoms with Gasteiger partial charge in [-0.1, -0.05) is 5.11 Å². The van der Waals surface area contributed by atoms with Crippen molar-refractivity contribution in [2.45, 2.75) is 31.7 Å². The zero-order valence-corrected chi connectivity index (χ0v) is 13.9. The molecule has 1 aromatic rings. The van der Waals surface area contributed by atoms with E-state index < -0.39 is 17.5 Å². The molecule has 0 aliphatic carbocycles. The molecule has 3 atom stereocenters. The van der Waals surface area contributed by atoms with Crippen molar-refractivity contribution in [1.82, 2.24) is 9.55 Å². The Balaban J connectivity index is 0.00000115. The molecule has 2 rings (SSSR count). The molecule has 2 N–H and O–H groups in total. The van der Waals surface area contributed by atoms with E-state index >= 15 is 0 Å². The van der Waals surface area contributed by atoms with Gasteiger partial charge >= 0.3 is 5.69 Å². The molecule has 1 radical (unpaired) electrons. The van der Waals surface area contributed by atoms with Gasteiger partial charge in [-0.05, 0) is 12.5 Å². The van der Waals surface area contributed by atoms with E-state index in [2.05, 4.69) is 21.1 Å². The van der Waals surface area contributed by atoms with E-state index in [1.165, 1.54) is 10.8 Å². The number of aliphatic hydroxyl groups is 1. The largest absolute Gasteiger partial charge is 0.400 e. The number of nitrogens with one attached hydrogen (secondary N) is 1. The summed E-state index contributed by atoms with van der Waals surface area (Å²) in [4.78, 5) is 27.2. The summed E-state index contributed by atoms with van der Waals surface area (Å²) in [6.45, 7) is 1.76. The van der Waals surface area contributed by atoms with Crippen LogP contribution in [0, 0.1) is 6.07 Å². The van der Waals surface area contributed by atoms with Crippen molar-refractivity contribution >= 4 is 0 Å². The second-order valence-corrected chi connectivity index (χ2v) is 3.74. The summed E-state index contributed by atoms with van der Waals surface area (Å²) in [5.41, 5.74) is 7.23. The van der Waals surface area contributed by atoms with Gasteiger partial charge in [-0.25, -0.2) is 4.79 Å². The van der Waals surface area contributed by atoms with Crippen LogP contribution in [0.3, 0.4) is 0 Å². The fourth-order valence-corrected chi connectivity index (χ4v) is 1.78. The van der Waals surface area contributed by atoms with Crippen molar-refractivity contribution in [3.05, 3.63) is 43.5 Å². The average Bonchev–Trinajstić information content (AvgIpc) is 2.74. The Bertz CT molecular complexity index is 580. The number of nitrogens with zero attached hydrogens (tertiary/aromatic N) is 4. The number of rotatable bonds is 2.